The molecule has 0 aliphatic heterocycles. The highest BCUT2D eigenvalue weighted by molar-refractivity contribution is 7.47. The van der Waals surface area contributed by atoms with Crippen molar-refractivity contribution in [3.63, 3.8) is 0 Å². The third kappa shape index (κ3) is 79.8. The first-order chi connectivity index (χ1) is 51.2. The van der Waals surface area contributed by atoms with Crippen LogP contribution in [0.1, 0.15) is 303 Å². The van der Waals surface area contributed by atoms with E-state index in [1.807, 2.05) is 0 Å². The number of esters is 3. The number of carbonyl (C=O) groups excluding carboxylic acids is 3. The van der Waals surface area contributed by atoms with Crippen molar-refractivity contribution >= 4 is 33.6 Å². The van der Waals surface area contributed by atoms with Gasteiger partial charge in [0.2, 0.25) is 0 Å². The Kier molecular flexibility index (Phi) is 74.7. The van der Waals surface area contributed by atoms with Gasteiger partial charge in [-0.05, 0) is 154 Å². The zero-order valence-electron chi connectivity index (χ0n) is 65.3. The lowest BCUT2D eigenvalue weighted by Crippen LogP contribution is -2.30. The van der Waals surface area contributed by atoms with E-state index < -0.39 is 91.5 Å². The Hall–Kier alpha value is -5.09. The molecule has 0 radical (unpaired) electrons. The summed E-state index contributed by atoms with van der Waals surface area (Å²) in [6.07, 6.45) is 99.6. The molecule has 0 rings (SSSR count). The lowest BCUT2D eigenvalue weighted by molar-refractivity contribution is -0.161. The molecule has 0 saturated heterocycles. The minimum Gasteiger partial charge on any atom is -0.463 e. The number of aliphatic hydroxyl groups excluding tert-OH is 2. The Bertz CT molecular complexity index is 2590. The molecule has 18 heteroatoms. The van der Waals surface area contributed by atoms with Gasteiger partial charge in [0.1, 0.15) is 25.4 Å². The van der Waals surface area contributed by atoms with E-state index in [2.05, 4.69) is 191 Å². The largest absolute Gasteiger partial charge is 0.472 e. The number of rotatable bonds is 75. The van der Waals surface area contributed by atoms with Crippen LogP contribution < -0.4 is 0 Å². The Morgan fingerprint density at radius 2 is 0.505 bits per heavy atom. The summed E-state index contributed by atoms with van der Waals surface area (Å²) in [7, 11) is -9.82. The van der Waals surface area contributed by atoms with Crippen molar-refractivity contribution in [2.24, 2.45) is 0 Å². The fourth-order valence-electron chi connectivity index (χ4n) is 10.3. The molecule has 0 aromatic rings. The van der Waals surface area contributed by atoms with E-state index in [0.717, 1.165) is 173 Å². The van der Waals surface area contributed by atoms with Crippen LogP contribution in [0.2, 0.25) is 0 Å². The summed E-state index contributed by atoms with van der Waals surface area (Å²) >= 11 is 0. The highest BCUT2D eigenvalue weighted by Crippen LogP contribution is 2.45. The molecular weight excluding hydrogens is 1360 g/mol. The summed E-state index contributed by atoms with van der Waals surface area (Å²) in [4.78, 5) is 58.7. The number of aliphatic hydroxyl groups is 2. The summed E-state index contributed by atoms with van der Waals surface area (Å²) in [6, 6.07) is 0. The van der Waals surface area contributed by atoms with Gasteiger partial charge in [0.25, 0.3) is 0 Å². The standard InChI is InChI=1S/C87H144O16P2/c1-4-7-10-13-16-19-22-25-28-31-34-36-38-39-40-41-43-45-47-49-52-55-58-61-64-67-70-73-85(90)97-76-82(88)77-99-104(93,94)100-78-83(89)79-101-105(95,96)102-81-84(103-87(92)75-72-69-66-63-60-57-54-51-46-33-30-27-24-21-18-15-12-9-6-3)80-98-86(91)74-71-68-65-62-59-56-53-50-48-44-42-37-35-32-29-26-23-20-17-14-11-8-5-2/h8-9,11-12,16-21,25-30,34-37,39-40,44,46,48,51,57,60,82-84,88-89H,4-7,10,13-15,22-24,31-33,38,41-43,45,47,49-50,52-56,58-59,61-81H2,1-3H3,(H,93,94)(H,95,96)/b11-8-,12-9-,19-16-,20-17-,21-18-,28-25-,29-26-,30-27-,36-34-,37-35-,40-39-,48-44-,51-46-,60-57-. The summed E-state index contributed by atoms with van der Waals surface area (Å²) in [5.74, 6) is -1.63. The van der Waals surface area contributed by atoms with Crippen LogP contribution in [0.15, 0.2) is 170 Å². The van der Waals surface area contributed by atoms with Gasteiger partial charge in [0, 0.05) is 19.3 Å². The number of unbranched alkanes of at least 4 members (excludes halogenated alkanes) is 24. The van der Waals surface area contributed by atoms with Gasteiger partial charge in [-0.25, -0.2) is 9.13 Å². The Morgan fingerprint density at radius 1 is 0.276 bits per heavy atom. The van der Waals surface area contributed by atoms with Gasteiger partial charge in [-0.1, -0.05) is 300 Å². The second-order valence-electron chi connectivity index (χ2n) is 26.5. The topological polar surface area (TPSA) is 231 Å². The normalized spacial score (nSPS) is 14.8. The molecule has 0 aromatic carbocycles. The van der Waals surface area contributed by atoms with E-state index in [0.29, 0.717) is 19.3 Å². The first kappa shape index (κ1) is 99.9. The molecule has 0 heterocycles. The molecular formula is C87H144O16P2. The first-order valence-electron chi connectivity index (χ1n) is 40.4. The van der Waals surface area contributed by atoms with Crippen LogP contribution in [0.25, 0.3) is 0 Å². The van der Waals surface area contributed by atoms with Crippen LogP contribution in [-0.2, 0) is 55.8 Å². The van der Waals surface area contributed by atoms with Crippen molar-refractivity contribution in [2.75, 3.05) is 39.6 Å². The second-order valence-corrected chi connectivity index (χ2v) is 29.4. The van der Waals surface area contributed by atoms with Crippen LogP contribution in [-0.4, -0.2) is 95.9 Å². The van der Waals surface area contributed by atoms with Crippen LogP contribution >= 0.6 is 15.6 Å². The molecule has 105 heavy (non-hydrogen) atoms. The highest BCUT2D eigenvalue weighted by Gasteiger charge is 2.29. The maximum absolute atomic E-state index is 13.0. The van der Waals surface area contributed by atoms with Gasteiger partial charge in [0.15, 0.2) is 6.10 Å². The van der Waals surface area contributed by atoms with E-state index in [-0.39, 0.29) is 19.3 Å². The summed E-state index contributed by atoms with van der Waals surface area (Å²) in [6.45, 7) is 2.37. The predicted octanol–water partition coefficient (Wildman–Crippen LogP) is 24.0. The van der Waals surface area contributed by atoms with E-state index in [9.17, 15) is 43.5 Å². The molecule has 0 amide bonds. The van der Waals surface area contributed by atoms with Crippen molar-refractivity contribution < 1.29 is 75.8 Å². The van der Waals surface area contributed by atoms with Crippen LogP contribution in [0.4, 0.5) is 0 Å². The minimum absolute atomic E-state index is 0.0563. The molecule has 598 valence electrons. The second kappa shape index (κ2) is 78.5. The SMILES string of the molecule is CC/C=C\C/C=C\C/C=C\C/C=C\C/C=C\CCCCCCCCCC(=O)OCC(COP(=O)(O)OCC(O)COP(=O)(O)OCC(O)COC(=O)CCCCCCCCCCCCC/C=C\C/C=C\C/C=C\C/C=C\CCCCC)OC(=O)CCCCC/C=C\C/C=C\C/C=C\C/C=C\C/C=C\CC. The molecule has 0 aliphatic carbocycles. The lowest BCUT2D eigenvalue weighted by atomic mass is 10.0. The van der Waals surface area contributed by atoms with Crippen molar-refractivity contribution in [1.82, 2.24) is 0 Å². The maximum Gasteiger partial charge on any atom is 0.472 e. The van der Waals surface area contributed by atoms with Crippen molar-refractivity contribution in [2.45, 2.75) is 322 Å². The zero-order valence-corrected chi connectivity index (χ0v) is 67.1. The van der Waals surface area contributed by atoms with Crippen molar-refractivity contribution in [3.05, 3.63) is 170 Å². The summed E-state index contributed by atoms with van der Waals surface area (Å²) in [5, 5.41) is 20.7. The lowest BCUT2D eigenvalue weighted by Gasteiger charge is -2.21. The van der Waals surface area contributed by atoms with Gasteiger partial charge in [-0.2, -0.15) is 0 Å². The Balaban J connectivity index is 4.68. The highest BCUT2D eigenvalue weighted by atomic mass is 31.2. The van der Waals surface area contributed by atoms with E-state index in [1.165, 1.54) is 70.6 Å². The van der Waals surface area contributed by atoms with Crippen LogP contribution in [0.5, 0.6) is 0 Å². The Labute approximate surface area is 637 Å². The molecule has 4 N–H and O–H groups in total. The monoisotopic (exact) mass is 1510 g/mol. The van der Waals surface area contributed by atoms with Crippen LogP contribution in [0.3, 0.4) is 0 Å². The third-order valence-corrected chi connectivity index (χ3v) is 18.3. The van der Waals surface area contributed by atoms with Gasteiger partial charge in [-0.15, -0.1) is 0 Å². The molecule has 0 bridgehead atoms. The average Bonchev–Trinajstić information content (AvgIpc) is 0.921. The molecule has 16 nitrogen and oxygen atoms in total. The number of ether oxygens (including phenoxy) is 3. The first-order valence-corrected chi connectivity index (χ1v) is 43.4. The van der Waals surface area contributed by atoms with Crippen molar-refractivity contribution in [3.8, 4) is 0 Å². The predicted molar refractivity (Wildman–Crippen MR) is 435 cm³/mol. The van der Waals surface area contributed by atoms with E-state index in [1.54, 1.807) is 0 Å². The molecule has 0 aromatic heterocycles. The van der Waals surface area contributed by atoms with E-state index in [4.69, 9.17) is 32.3 Å². The van der Waals surface area contributed by atoms with E-state index >= 15 is 0 Å². The third-order valence-electron chi connectivity index (χ3n) is 16.4. The number of allylic oxidation sites excluding steroid dienone is 28. The number of carbonyl (C=O) groups is 3. The van der Waals surface area contributed by atoms with Gasteiger partial charge in [0.05, 0.1) is 26.4 Å². The van der Waals surface area contributed by atoms with Gasteiger partial charge >= 0.3 is 33.6 Å². The molecule has 0 spiro atoms. The summed E-state index contributed by atoms with van der Waals surface area (Å²) in [5.41, 5.74) is 0. The van der Waals surface area contributed by atoms with Crippen molar-refractivity contribution in [1.29, 1.82) is 0 Å². The number of hydrogen-bond acceptors (Lipinski definition) is 14. The molecule has 0 saturated carbocycles. The van der Waals surface area contributed by atoms with Gasteiger partial charge in [-0.3, -0.25) is 32.5 Å². The average molecular weight is 1510 g/mol. The Morgan fingerprint density at radius 3 is 0.810 bits per heavy atom. The zero-order chi connectivity index (χ0) is 76.6. The minimum atomic E-state index is -4.95. The van der Waals surface area contributed by atoms with Crippen LogP contribution in [0, 0.1) is 0 Å². The van der Waals surface area contributed by atoms with Gasteiger partial charge < -0.3 is 34.2 Å². The number of phosphoric ester groups is 2. The fraction of sp³-hybridized carbons (Fsp3) is 0.644. The maximum atomic E-state index is 13.0. The summed E-state index contributed by atoms with van der Waals surface area (Å²) < 4.78 is 61.2. The molecule has 0 aliphatic rings. The molecule has 0 fully saturated rings. The number of phosphoric acid groups is 2. The fourth-order valence-corrected chi connectivity index (χ4v) is 11.9. The molecule has 5 unspecified atom stereocenters. The smallest absolute Gasteiger partial charge is 0.463 e. The molecule has 5 atom stereocenters. The quantitative estimate of drug-likeness (QED) is 0.0146. The number of hydrogen-bond donors (Lipinski definition) is 4.